The van der Waals surface area contributed by atoms with Gasteiger partial charge in [-0.1, -0.05) is 12.1 Å². The fraction of sp³-hybridized carbons (Fsp3) is 0.389. The first-order valence-corrected chi connectivity index (χ1v) is 9.81. The Bertz CT molecular complexity index is 1070. The minimum Gasteiger partial charge on any atom is -0.468 e. The maximum atomic E-state index is 12.1. The average molecular weight is 411 g/mol. The van der Waals surface area contributed by atoms with Crippen molar-refractivity contribution in [3.05, 3.63) is 30.0 Å². The number of ether oxygens (including phenoxy) is 2. The summed E-state index contributed by atoms with van der Waals surface area (Å²) < 4.78 is 12.1. The molecule has 0 saturated carbocycles. The summed E-state index contributed by atoms with van der Waals surface area (Å²) in [6.45, 7) is 1.25. The number of nitriles is 1. The number of fused-ring (bicyclic) bond motifs is 1. The molecular weight excluding hydrogens is 394 g/mol. The number of hydrogen-bond acceptors (Lipinski definition) is 10. The number of para-hydroxylation sites is 2. The van der Waals surface area contributed by atoms with E-state index in [0.29, 0.717) is 27.8 Å². The lowest BCUT2D eigenvalue weighted by Gasteiger charge is -2.13. The second-order valence-electron chi connectivity index (χ2n) is 6.37. The molecule has 10 nitrogen and oxygen atoms in total. The molecule has 2 atom stereocenters. The highest BCUT2D eigenvalue weighted by Crippen LogP contribution is 2.32. The summed E-state index contributed by atoms with van der Waals surface area (Å²) in [5.74, 6) is -1.90. The number of carbonyl (C=O) groups is 1. The van der Waals surface area contributed by atoms with Crippen molar-refractivity contribution in [1.82, 2.24) is 30.2 Å². The molecule has 0 amide bonds. The Morgan fingerprint density at radius 1 is 1.41 bits per heavy atom. The van der Waals surface area contributed by atoms with E-state index in [0.717, 1.165) is 31.2 Å². The van der Waals surface area contributed by atoms with E-state index in [9.17, 15) is 10.1 Å². The third-order valence-electron chi connectivity index (χ3n) is 4.49. The van der Waals surface area contributed by atoms with E-state index in [-0.39, 0.29) is 11.8 Å². The summed E-state index contributed by atoms with van der Waals surface area (Å²) in [4.78, 5) is 21.3. The molecule has 3 aromatic rings. The van der Waals surface area contributed by atoms with Crippen molar-refractivity contribution < 1.29 is 14.3 Å². The number of tetrazole rings is 1. The molecule has 29 heavy (non-hydrogen) atoms. The van der Waals surface area contributed by atoms with Crippen LogP contribution in [0, 0.1) is 11.3 Å². The van der Waals surface area contributed by atoms with E-state index in [1.807, 2.05) is 24.3 Å². The van der Waals surface area contributed by atoms with Gasteiger partial charge < -0.3 is 9.47 Å². The lowest BCUT2D eigenvalue weighted by Crippen LogP contribution is -2.18. The van der Waals surface area contributed by atoms with Crippen LogP contribution in [0.25, 0.3) is 11.0 Å². The Balaban J connectivity index is 1.73. The van der Waals surface area contributed by atoms with Gasteiger partial charge in [0.1, 0.15) is 10.7 Å². The van der Waals surface area contributed by atoms with Crippen LogP contribution in [0.3, 0.4) is 0 Å². The van der Waals surface area contributed by atoms with Crippen molar-refractivity contribution >= 4 is 28.8 Å². The van der Waals surface area contributed by atoms with Gasteiger partial charge in [0, 0.05) is 6.61 Å². The maximum Gasteiger partial charge on any atom is 0.329 e. The van der Waals surface area contributed by atoms with Crippen LogP contribution < -0.4 is 0 Å². The molecule has 1 aromatic carbocycles. The Labute approximate surface area is 170 Å². The van der Waals surface area contributed by atoms with Crippen LogP contribution in [0.5, 0.6) is 0 Å². The smallest absolute Gasteiger partial charge is 0.329 e. The van der Waals surface area contributed by atoms with Crippen LogP contribution >= 0.6 is 11.8 Å². The molecule has 11 heteroatoms. The molecule has 0 bridgehead atoms. The predicted molar refractivity (Wildman–Crippen MR) is 101 cm³/mol. The standard InChI is InChI=1S/C18H17N7O3S/c1-27-17(26)12(9-19)15-16(21-14-7-3-2-6-13(14)20-15)29-18-22-23-24-25(18)10-11-5-4-8-28-11/h2-3,6-7,11-12H,4-5,8,10H2,1H3. The number of hydrogen-bond donors (Lipinski definition) is 0. The monoisotopic (exact) mass is 411 g/mol. The van der Waals surface area contributed by atoms with Gasteiger partial charge in [0.05, 0.1) is 36.9 Å². The quantitative estimate of drug-likeness (QED) is 0.553. The Morgan fingerprint density at radius 2 is 2.21 bits per heavy atom. The largest absolute Gasteiger partial charge is 0.468 e. The summed E-state index contributed by atoms with van der Waals surface area (Å²) in [5, 5.41) is 22.3. The molecule has 2 unspecified atom stereocenters. The molecule has 148 valence electrons. The van der Waals surface area contributed by atoms with Gasteiger partial charge in [0.25, 0.3) is 0 Å². The highest BCUT2D eigenvalue weighted by atomic mass is 32.2. The summed E-state index contributed by atoms with van der Waals surface area (Å²) in [6.07, 6.45) is 2.02. The van der Waals surface area contributed by atoms with E-state index < -0.39 is 11.9 Å². The van der Waals surface area contributed by atoms with E-state index in [4.69, 9.17) is 9.47 Å². The van der Waals surface area contributed by atoms with E-state index in [2.05, 4.69) is 25.5 Å². The number of carbonyl (C=O) groups excluding carboxylic acids is 1. The van der Waals surface area contributed by atoms with Gasteiger partial charge in [-0.05, 0) is 47.2 Å². The van der Waals surface area contributed by atoms with Crippen LogP contribution in [0.2, 0.25) is 0 Å². The highest BCUT2D eigenvalue weighted by Gasteiger charge is 2.29. The SMILES string of the molecule is COC(=O)C(C#N)c1nc2ccccc2nc1Sc1nnnn1CC1CCCO1. The molecule has 4 rings (SSSR count). The van der Waals surface area contributed by atoms with Gasteiger partial charge in [0.2, 0.25) is 5.16 Å². The number of nitrogens with zero attached hydrogens (tertiary/aromatic N) is 7. The molecule has 1 aliphatic rings. The lowest BCUT2D eigenvalue weighted by atomic mass is 10.1. The molecule has 3 heterocycles. The normalized spacial score (nSPS) is 17.2. The van der Waals surface area contributed by atoms with Gasteiger partial charge in [-0.15, -0.1) is 5.10 Å². The maximum absolute atomic E-state index is 12.1. The molecule has 1 aliphatic heterocycles. The van der Waals surface area contributed by atoms with Crippen LogP contribution in [0.1, 0.15) is 24.5 Å². The third-order valence-corrected chi connectivity index (χ3v) is 5.46. The van der Waals surface area contributed by atoms with Crippen molar-refractivity contribution in [2.75, 3.05) is 13.7 Å². The average Bonchev–Trinajstić information content (AvgIpc) is 3.41. The fourth-order valence-electron chi connectivity index (χ4n) is 3.06. The minimum absolute atomic E-state index is 0.0573. The molecule has 0 spiro atoms. The molecule has 0 aliphatic carbocycles. The first-order chi connectivity index (χ1) is 14.2. The molecule has 1 fully saturated rings. The van der Waals surface area contributed by atoms with Crippen molar-refractivity contribution in [2.45, 2.75) is 41.6 Å². The van der Waals surface area contributed by atoms with E-state index >= 15 is 0 Å². The third kappa shape index (κ3) is 4.03. The Kier molecular flexibility index (Phi) is 5.64. The van der Waals surface area contributed by atoms with Crippen molar-refractivity contribution in [1.29, 1.82) is 5.26 Å². The number of aromatic nitrogens is 6. The Morgan fingerprint density at radius 3 is 2.90 bits per heavy atom. The number of rotatable bonds is 6. The number of benzene rings is 1. The second-order valence-corrected chi connectivity index (χ2v) is 7.32. The predicted octanol–water partition coefficient (Wildman–Crippen LogP) is 1.73. The highest BCUT2D eigenvalue weighted by molar-refractivity contribution is 7.99. The van der Waals surface area contributed by atoms with Crippen LogP contribution in [0.4, 0.5) is 0 Å². The summed E-state index contributed by atoms with van der Waals surface area (Å²) in [7, 11) is 1.23. The Hall–Kier alpha value is -3.10. The van der Waals surface area contributed by atoms with Crippen LogP contribution in [0.15, 0.2) is 34.4 Å². The van der Waals surface area contributed by atoms with E-state index in [1.165, 1.54) is 7.11 Å². The summed E-state index contributed by atoms with van der Waals surface area (Å²) >= 11 is 1.16. The van der Waals surface area contributed by atoms with Crippen molar-refractivity contribution in [3.63, 3.8) is 0 Å². The fourth-order valence-corrected chi connectivity index (χ4v) is 3.93. The van der Waals surface area contributed by atoms with Gasteiger partial charge in [-0.3, -0.25) is 4.79 Å². The van der Waals surface area contributed by atoms with Crippen LogP contribution in [-0.4, -0.2) is 56.0 Å². The molecule has 2 aromatic heterocycles. The molecule has 1 saturated heterocycles. The van der Waals surface area contributed by atoms with Gasteiger partial charge in [-0.2, -0.15) is 5.26 Å². The number of esters is 1. The van der Waals surface area contributed by atoms with Crippen LogP contribution in [-0.2, 0) is 20.8 Å². The number of methoxy groups -OCH3 is 1. The topological polar surface area (TPSA) is 129 Å². The lowest BCUT2D eigenvalue weighted by molar-refractivity contribution is -0.141. The zero-order chi connectivity index (χ0) is 20.2. The molecule has 0 N–H and O–H groups in total. The van der Waals surface area contributed by atoms with Gasteiger partial charge in [-0.25, -0.2) is 14.6 Å². The van der Waals surface area contributed by atoms with Gasteiger partial charge >= 0.3 is 5.97 Å². The zero-order valence-electron chi connectivity index (χ0n) is 15.6. The zero-order valence-corrected chi connectivity index (χ0v) is 16.4. The van der Waals surface area contributed by atoms with E-state index in [1.54, 1.807) is 10.7 Å². The first kappa shape index (κ1) is 19.2. The summed E-state index contributed by atoms with van der Waals surface area (Å²) in [5.41, 5.74) is 1.43. The van der Waals surface area contributed by atoms with Crippen molar-refractivity contribution in [3.8, 4) is 6.07 Å². The molecular formula is C18H17N7O3S. The molecule has 0 radical (unpaired) electrons. The second kappa shape index (κ2) is 8.50. The minimum atomic E-state index is -1.21. The van der Waals surface area contributed by atoms with Gasteiger partial charge in [0.15, 0.2) is 5.92 Å². The van der Waals surface area contributed by atoms with Crippen molar-refractivity contribution in [2.24, 2.45) is 0 Å². The first-order valence-electron chi connectivity index (χ1n) is 8.99. The summed E-state index contributed by atoms with van der Waals surface area (Å²) in [6, 6.07) is 9.20.